The van der Waals surface area contributed by atoms with Gasteiger partial charge in [0.1, 0.15) is 11.5 Å². The van der Waals surface area contributed by atoms with E-state index in [4.69, 9.17) is 4.42 Å². The lowest BCUT2D eigenvalue weighted by molar-refractivity contribution is 0.534. The minimum absolute atomic E-state index is 0.165. The van der Waals surface area contributed by atoms with Crippen molar-refractivity contribution in [3.8, 4) is 11.3 Å². The Balaban J connectivity index is 1.38. The molecule has 0 unspecified atom stereocenters. The van der Waals surface area contributed by atoms with Crippen LogP contribution in [0.3, 0.4) is 0 Å². The lowest BCUT2D eigenvalue weighted by Gasteiger charge is -2.13. The van der Waals surface area contributed by atoms with Crippen molar-refractivity contribution >= 4 is 31.4 Å². The molecule has 5 aromatic rings. The Morgan fingerprint density at radius 1 is 0.575 bits per heavy atom. The summed E-state index contributed by atoms with van der Waals surface area (Å²) in [5.41, 5.74) is 4.08. The van der Waals surface area contributed by atoms with Crippen molar-refractivity contribution < 1.29 is 21.3 Å². The predicted octanol–water partition coefficient (Wildman–Crippen LogP) is 6.76. The lowest BCUT2D eigenvalue weighted by atomic mass is 10.1. The molecule has 1 aromatic heterocycles. The molecule has 5 rings (SSSR count). The molecule has 2 N–H and O–H groups in total. The zero-order chi connectivity index (χ0) is 28.3. The van der Waals surface area contributed by atoms with Gasteiger partial charge < -0.3 is 4.42 Å². The molecule has 40 heavy (non-hydrogen) atoms. The molecule has 0 amide bonds. The smallest absolute Gasteiger partial charge is 0.261 e. The first-order valence-corrected chi connectivity index (χ1v) is 15.5. The highest BCUT2D eigenvalue weighted by molar-refractivity contribution is 7.93. The Morgan fingerprint density at radius 3 is 1.68 bits per heavy atom. The van der Waals surface area contributed by atoms with Gasteiger partial charge in [0.05, 0.1) is 21.2 Å². The second-order valence-electron chi connectivity index (χ2n) is 9.48. The minimum atomic E-state index is -3.81. The van der Waals surface area contributed by atoms with Crippen molar-refractivity contribution in [2.45, 2.75) is 30.1 Å². The summed E-state index contributed by atoms with van der Waals surface area (Å²) in [4.78, 5) is 0.343. The first kappa shape index (κ1) is 27.2. The first-order valence-electron chi connectivity index (χ1n) is 12.6. The van der Waals surface area contributed by atoms with E-state index in [1.54, 1.807) is 97.1 Å². The number of hydrogen-bond donors (Lipinski definition) is 2. The molecule has 1 heterocycles. The van der Waals surface area contributed by atoms with Crippen molar-refractivity contribution in [2.24, 2.45) is 0 Å². The van der Waals surface area contributed by atoms with Crippen molar-refractivity contribution in [3.05, 3.63) is 132 Å². The van der Waals surface area contributed by atoms with Gasteiger partial charge in [0, 0.05) is 12.0 Å². The predicted molar refractivity (Wildman–Crippen MR) is 157 cm³/mol. The average Bonchev–Trinajstić information content (AvgIpc) is 3.38. The van der Waals surface area contributed by atoms with Crippen molar-refractivity contribution in [2.75, 3.05) is 9.44 Å². The quantitative estimate of drug-likeness (QED) is 0.203. The number of rotatable bonds is 9. The monoisotopic (exact) mass is 572 g/mol. The zero-order valence-corrected chi connectivity index (χ0v) is 23.6. The summed E-state index contributed by atoms with van der Waals surface area (Å²) in [6.45, 7) is 3.79. The Kier molecular flexibility index (Phi) is 7.51. The second kappa shape index (κ2) is 11.0. The zero-order valence-electron chi connectivity index (χ0n) is 22.0. The SMILES string of the molecule is Cc1ccc(S(=O)(=O)Nc2ccccc2Cc2ccc(-c3ccccc3NS(=O)(=O)c3ccc(C)cc3)o2)cc1. The Labute approximate surface area is 234 Å². The Bertz CT molecular complexity index is 1860. The molecule has 0 spiro atoms. The average molecular weight is 573 g/mol. The first-order chi connectivity index (χ1) is 19.1. The van der Waals surface area contributed by atoms with Gasteiger partial charge in [-0.3, -0.25) is 9.44 Å². The van der Waals surface area contributed by atoms with Gasteiger partial charge in [-0.25, -0.2) is 16.8 Å². The van der Waals surface area contributed by atoms with Crippen LogP contribution in [0.1, 0.15) is 22.5 Å². The second-order valence-corrected chi connectivity index (χ2v) is 12.8. The number of benzene rings is 4. The standard InChI is InChI=1S/C31H28N2O5S2/c1-22-11-16-26(17-12-22)39(34,35)32-29-9-5-3-7-24(29)21-25-15-20-31(38-25)28-8-4-6-10-30(28)33-40(36,37)27-18-13-23(2)14-19-27/h3-20,32-33H,21H2,1-2H3. The third-order valence-electron chi connectivity index (χ3n) is 6.39. The van der Waals surface area contributed by atoms with E-state index in [1.807, 2.05) is 26.0 Å². The van der Waals surface area contributed by atoms with Gasteiger partial charge in [-0.1, -0.05) is 65.7 Å². The van der Waals surface area contributed by atoms with Crippen LogP contribution >= 0.6 is 0 Å². The van der Waals surface area contributed by atoms with E-state index in [0.717, 1.165) is 16.7 Å². The van der Waals surface area contributed by atoms with E-state index in [9.17, 15) is 16.8 Å². The van der Waals surface area contributed by atoms with Crippen LogP contribution in [0.4, 0.5) is 11.4 Å². The number of aryl methyl sites for hydroxylation is 2. The fourth-order valence-corrected chi connectivity index (χ4v) is 6.39. The van der Waals surface area contributed by atoms with Gasteiger partial charge in [0.2, 0.25) is 0 Å². The van der Waals surface area contributed by atoms with Crippen LogP contribution < -0.4 is 9.44 Å². The van der Waals surface area contributed by atoms with E-state index >= 15 is 0 Å². The molecule has 7 nitrogen and oxygen atoms in total. The largest absolute Gasteiger partial charge is 0.461 e. The van der Waals surface area contributed by atoms with Gasteiger partial charge in [0.15, 0.2) is 0 Å². The van der Waals surface area contributed by atoms with Crippen LogP contribution in [0.2, 0.25) is 0 Å². The number of nitrogens with one attached hydrogen (secondary N) is 2. The molecule has 4 aromatic carbocycles. The lowest BCUT2D eigenvalue weighted by Crippen LogP contribution is -2.14. The molecule has 0 aliphatic carbocycles. The van der Waals surface area contributed by atoms with Gasteiger partial charge in [0.25, 0.3) is 20.0 Å². The molecule has 0 atom stereocenters. The van der Waals surface area contributed by atoms with Crippen molar-refractivity contribution in [1.82, 2.24) is 0 Å². The van der Waals surface area contributed by atoms with E-state index in [2.05, 4.69) is 9.44 Å². The fourth-order valence-electron chi connectivity index (χ4n) is 4.21. The maximum atomic E-state index is 13.0. The summed E-state index contributed by atoms with van der Waals surface area (Å²) < 4.78 is 63.5. The topological polar surface area (TPSA) is 105 Å². The molecule has 0 saturated carbocycles. The molecule has 9 heteroatoms. The van der Waals surface area contributed by atoms with Crippen LogP contribution in [-0.4, -0.2) is 16.8 Å². The highest BCUT2D eigenvalue weighted by Gasteiger charge is 2.19. The minimum Gasteiger partial charge on any atom is -0.461 e. The van der Waals surface area contributed by atoms with Crippen LogP contribution in [-0.2, 0) is 26.5 Å². The maximum Gasteiger partial charge on any atom is 0.261 e. The van der Waals surface area contributed by atoms with Crippen molar-refractivity contribution in [1.29, 1.82) is 0 Å². The summed E-state index contributed by atoms with van der Waals surface area (Å²) in [5, 5.41) is 0. The molecular weight excluding hydrogens is 544 g/mol. The summed E-state index contributed by atoms with van der Waals surface area (Å²) in [7, 11) is -7.58. The van der Waals surface area contributed by atoms with Crippen LogP contribution in [0.25, 0.3) is 11.3 Å². The van der Waals surface area contributed by atoms with E-state index in [0.29, 0.717) is 34.9 Å². The Hall–Kier alpha value is -4.34. The number of furan rings is 1. The van der Waals surface area contributed by atoms with Gasteiger partial charge in [-0.2, -0.15) is 0 Å². The normalized spacial score (nSPS) is 11.8. The van der Waals surface area contributed by atoms with Crippen LogP contribution in [0, 0.1) is 13.8 Å². The molecule has 0 fully saturated rings. The fraction of sp³-hybridized carbons (Fsp3) is 0.0968. The van der Waals surface area contributed by atoms with Gasteiger partial charge in [-0.15, -0.1) is 0 Å². The number of anilines is 2. The van der Waals surface area contributed by atoms with Gasteiger partial charge >= 0.3 is 0 Å². The summed E-state index contributed by atoms with van der Waals surface area (Å²) >= 11 is 0. The third-order valence-corrected chi connectivity index (χ3v) is 9.15. The molecule has 204 valence electrons. The molecule has 0 radical (unpaired) electrons. The number of sulfonamides is 2. The molecule has 0 aliphatic rings. The highest BCUT2D eigenvalue weighted by atomic mass is 32.2. The van der Waals surface area contributed by atoms with E-state index < -0.39 is 20.0 Å². The summed E-state index contributed by atoms with van der Waals surface area (Å²) in [5.74, 6) is 1.07. The molecule has 0 aliphatic heterocycles. The van der Waals surface area contributed by atoms with E-state index in [1.165, 1.54) is 0 Å². The highest BCUT2D eigenvalue weighted by Crippen LogP contribution is 2.32. The van der Waals surface area contributed by atoms with Crippen molar-refractivity contribution in [3.63, 3.8) is 0 Å². The number of para-hydroxylation sites is 2. The number of hydrogen-bond acceptors (Lipinski definition) is 5. The molecule has 0 saturated heterocycles. The maximum absolute atomic E-state index is 13.0. The summed E-state index contributed by atoms with van der Waals surface area (Å²) in [6, 6.07) is 31.0. The van der Waals surface area contributed by atoms with Gasteiger partial charge in [-0.05, 0) is 74.0 Å². The van der Waals surface area contributed by atoms with E-state index in [-0.39, 0.29) is 9.79 Å². The molecular formula is C31H28N2O5S2. The van der Waals surface area contributed by atoms with Crippen LogP contribution in [0.5, 0.6) is 0 Å². The summed E-state index contributed by atoms with van der Waals surface area (Å²) in [6.07, 6.45) is 0.323. The van der Waals surface area contributed by atoms with Crippen LogP contribution in [0.15, 0.2) is 123 Å². The Morgan fingerprint density at radius 2 is 1.07 bits per heavy atom. The molecule has 0 bridgehead atoms. The third kappa shape index (κ3) is 6.11.